The fourth-order valence-corrected chi connectivity index (χ4v) is 6.61. The molecule has 1 amide bonds. The molecular formula is C28H41N3O5S. The van der Waals surface area contributed by atoms with E-state index in [0.29, 0.717) is 19.6 Å². The van der Waals surface area contributed by atoms with Gasteiger partial charge in [-0.1, -0.05) is 68.3 Å². The monoisotopic (exact) mass is 531 g/mol. The van der Waals surface area contributed by atoms with Crippen molar-refractivity contribution in [2.75, 3.05) is 33.4 Å². The van der Waals surface area contributed by atoms with Crippen LogP contribution in [0.1, 0.15) is 38.2 Å². The molecule has 0 bridgehead atoms. The Kier molecular flexibility index (Phi) is 10.7. The summed E-state index contributed by atoms with van der Waals surface area (Å²) >= 11 is 0. The third-order valence-corrected chi connectivity index (χ3v) is 9.08. The molecule has 0 aromatic heterocycles. The number of methoxy groups -OCH3 is 1. The maximum Gasteiger partial charge on any atom is 0.243 e. The molecule has 1 fully saturated rings. The van der Waals surface area contributed by atoms with Crippen molar-refractivity contribution in [3.8, 4) is 0 Å². The van der Waals surface area contributed by atoms with Gasteiger partial charge in [-0.25, -0.2) is 8.42 Å². The molecule has 4 N–H and O–H groups in total. The number of hydrogen-bond donors (Lipinski definition) is 3. The maximum absolute atomic E-state index is 13.5. The summed E-state index contributed by atoms with van der Waals surface area (Å²) in [6.45, 7) is 2.48. The Morgan fingerprint density at radius 3 is 2.24 bits per heavy atom. The van der Waals surface area contributed by atoms with Gasteiger partial charge < -0.3 is 20.9 Å². The first-order valence-corrected chi connectivity index (χ1v) is 14.4. The Morgan fingerprint density at radius 2 is 1.68 bits per heavy atom. The molecule has 0 spiro atoms. The first-order chi connectivity index (χ1) is 17.7. The quantitative estimate of drug-likeness (QED) is 0.344. The van der Waals surface area contributed by atoms with E-state index >= 15 is 0 Å². The van der Waals surface area contributed by atoms with Crippen LogP contribution in [0, 0.1) is 11.3 Å². The van der Waals surface area contributed by atoms with E-state index in [2.05, 4.69) is 5.32 Å². The van der Waals surface area contributed by atoms with Crippen molar-refractivity contribution >= 4 is 15.9 Å². The number of hydrogen-bond acceptors (Lipinski definition) is 6. The lowest BCUT2D eigenvalue weighted by molar-refractivity contribution is -0.135. The van der Waals surface area contributed by atoms with Gasteiger partial charge in [-0.2, -0.15) is 4.31 Å². The summed E-state index contributed by atoms with van der Waals surface area (Å²) in [5, 5.41) is 14.5. The molecule has 0 radical (unpaired) electrons. The number of carbonyl (C=O) groups excluding carboxylic acids is 1. The lowest BCUT2D eigenvalue weighted by Crippen LogP contribution is -2.54. The van der Waals surface area contributed by atoms with E-state index in [0.717, 1.165) is 31.2 Å². The molecule has 3 atom stereocenters. The van der Waals surface area contributed by atoms with Crippen LogP contribution in [-0.4, -0.2) is 69.2 Å². The molecule has 204 valence electrons. The largest absolute Gasteiger partial charge is 0.390 e. The van der Waals surface area contributed by atoms with Gasteiger partial charge in [0.2, 0.25) is 15.9 Å². The number of rotatable bonds is 14. The van der Waals surface area contributed by atoms with E-state index in [1.807, 2.05) is 37.3 Å². The Labute approximate surface area is 221 Å². The fraction of sp³-hybridized carbons (Fsp3) is 0.536. The predicted molar refractivity (Wildman–Crippen MR) is 144 cm³/mol. The van der Waals surface area contributed by atoms with Crippen molar-refractivity contribution in [3.63, 3.8) is 0 Å². The second-order valence-electron chi connectivity index (χ2n) is 10.2. The van der Waals surface area contributed by atoms with E-state index in [9.17, 15) is 18.3 Å². The van der Waals surface area contributed by atoms with Gasteiger partial charge in [0.25, 0.3) is 0 Å². The number of amides is 1. The van der Waals surface area contributed by atoms with Gasteiger partial charge in [0.15, 0.2) is 0 Å². The first-order valence-electron chi connectivity index (χ1n) is 13.0. The van der Waals surface area contributed by atoms with Crippen LogP contribution < -0.4 is 11.1 Å². The third kappa shape index (κ3) is 7.61. The van der Waals surface area contributed by atoms with Crippen molar-refractivity contribution in [3.05, 3.63) is 66.2 Å². The van der Waals surface area contributed by atoms with Crippen molar-refractivity contribution < 1.29 is 23.1 Å². The van der Waals surface area contributed by atoms with Gasteiger partial charge in [0, 0.05) is 20.2 Å². The van der Waals surface area contributed by atoms with Crippen LogP contribution >= 0.6 is 0 Å². The predicted octanol–water partition coefficient (Wildman–Crippen LogP) is 2.57. The van der Waals surface area contributed by atoms with Gasteiger partial charge in [-0.05, 0) is 49.4 Å². The summed E-state index contributed by atoms with van der Waals surface area (Å²) in [4.78, 5) is 13.7. The molecule has 1 saturated carbocycles. The molecule has 3 rings (SSSR count). The SMILES string of the molecule is COCC1(C(=O)N[C@@H](Cc2ccccc2)[C@H](O)CN(CC(C)CN)S(=O)(=O)c2ccccc2)CCCC1. The zero-order valence-electron chi connectivity index (χ0n) is 21.9. The lowest BCUT2D eigenvalue weighted by Gasteiger charge is -2.34. The number of nitrogens with one attached hydrogen (secondary N) is 1. The molecule has 2 aromatic rings. The zero-order valence-corrected chi connectivity index (χ0v) is 22.7. The summed E-state index contributed by atoms with van der Waals surface area (Å²) in [6, 6.07) is 17.1. The van der Waals surface area contributed by atoms with Crippen LogP contribution in [0.25, 0.3) is 0 Å². The molecule has 0 aliphatic heterocycles. The van der Waals surface area contributed by atoms with Crippen LogP contribution in [0.2, 0.25) is 0 Å². The topological polar surface area (TPSA) is 122 Å². The molecular weight excluding hydrogens is 490 g/mol. The highest BCUT2D eigenvalue weighted by Crippen LogP contribution is 2.38. The molecule has 8 nitrogen and oxygen atoms in total. The van der Waals surface area contributed by atoms with Gasteiger partial charge >= 0.3 is 0 Å². The number of aliphatic hydroxyl groups is 1. The minimum atomic E-state index is -3.89. The Morgan fingerprint density at radius 1 is 1.08 bits per heavy atom. The number of nitrogens with zero attached hydrogens (tertiary/aromatic N) is 1. The molecule has 37 heavy (non-hydrogen) atoms. The zero-order chi connectivity index (χ0) is 26.9. The Bertz CT molecular complexity index is 1080. The van der Waals surface area contributed by atoms with Crippen LogP contribution in [0.4, 0.5) is 0 Å². The van der Waals surface area contributed by atoms with Crippen molar-refractivity contribution in [2.24, 2.45) is 17.1 Å². The second kappa shape index (κ2) is 13.5. The summed E-state index contributed by atoms with van der Waals surface area (Å²) in [7, 11) is -2.30. The highest BCUT2D eigenvalue weighted by molar-refractivity contribution is 7.89. The summed E-state index contributed by atoms with van der Waals surface area (Å²) in [5.74, 6) is -0.268. The molecule has 9 heteroatoms. The molecule has 0 saturated heterocycles. The Hall–Kier alpha value is -2.30. The van der Waals surface area contributed by atoms with E-state index in [1.165, 1.54) is 4.31 Å². The average molecular weight is 532 g/mol. The van der Waals surface area contributed by atoms with Gasteiger partial charge in [0.1, 0.15) is 0 Å². The maximum atomic E-state index is 13.5. The lowest BCUT2D eigenvalue weighted by atomic mass is 9.85. The number of nitrogens with two attached hydrogens (primary N) is 1. The van der Waals surface area contributed by atoms with E-state index in [-0.39, 0.29) is 29.8 Å². The standard InChI is InChI=1S/C28H41N3O5S/c1-22(18-29)19-31(37(34,35)24-13-7-4-8-14-24)20-26(32)25(17-23-11-5-3-6-12-23)30-27(33)28(21-36-2)15-9-10-16-28/h3-8,11-14,22,25-26,32H,9-10,15-21,29H2,1-2H3,(H,30,33)/t22?,25-,26+/m0/s1. The fourth-order valence-electron chi connectivity index (χ4n) is 5.01. The molecule has 0 heterocycles. The number of aliphatic hydroxyl groups excluding tert-OH is 1. The smallest absolute Gasteiger partial charge is 0.243 e. The summed E-state index contributed by atoms with van der Waals surface area (Å²) in [6.07, 6.45) is 2.56. The van der Waals surface area contributed by atoms with E-state index in [1.54, 1.807) is 37.4 Å². The number of carbonyl (C=O) groups is 1. The molecule has 1 aliphatic carbocycles. The van der Waals surface area contributed by atoms with E-state index in [4.69, 9.17) is 10.5 Å². The average Bonchev–Trinajstić information content (AvgIpc) is 3.39. The molecule has 1 unspecified atom stereocenters. The van der Waals surface area contributed by atoms with Crippen LogP contribution in [-0.2, 0) is 26.0 Å². The Balaban J connectivity index is 1.88. The van der Waals surface area contributed by atoms with Gasteiger partial charge in [-0.3, -0.25) is 4.79 Å². The third-order valence-electron chi connectivity index (χ3n) is 7.23. The molecule has 1 aliphatic rings. The summed E-state index contributed by atoms with van der Waals surface area (Å²) in [5.41, 5.74) is 6.13. The van der Waals surface area contributed by atoms with Gasteiger partial charge in [-0.15, -0.1) is 0 Å². The minimum Gasteiger partial charge on any atom is -0.390 e. The van der Waals surface area contributed by atoms with Crippen LogP contribution in [0.15, 0.2) is 65.6 Å². The molecule has 2 aromatic carbocycles. The van der Waals surface area contributed by atoms with Crippen molar-refractivity contribution in [1.29, 1.82) is 0 Å². The normalized spacial score (nSPS) is 17.9. The number of sulfonamides is 1. The summed E-state index contributed by atoms with van der Waals surface area (Å²) < 4.78 is 33.8. The highest BCUT2D eigenvalue weighted by atomic mass is 32.2. The van der Waals surface area contributed by atoms with Crippen molar-refractivity contribution in [1.82, 2.24) is 9.62 Å². The number of benzene rings is 2. The number of ether oxygens (including phenoxy) is 1. The first kappa shape index (κ1) is 29.3. The minimum absolute atomic E-state index is 0.115. The van der Waals surface area contributed by atoms with Crippen LogP contribution in [0.5, 0.6) is 0 Å². The van der Waals surface area contributed by atoms with Crippen LogP contribution in [0.3, 0.4) is 0 Å². The highest BCUT2D eigenvalue weighted by Gasteiger charge is 2.43. The van der Waals surface area contributed by atoms with Crippen molar-refractivity contribution in [2.45, 2.75) is 56.1 Å². The second-order valence-corrected chi connectivity index (χ2v) is 12.2. The van der Waals surface area contributed by atoms with Gasteiger partial charge in [0.05, 0.1) is 29.1 Å². The van der Waals surface area contributed by atoms with E-state index < -0.39 is 27.6 Å².